The molecule has 0 aliphatic carbocycles. The minimum atomic E-state index is -0.413. The van der Waals surface area contributed by atoms with Crippen LogP contribution in [0.1, 0.15) is 64.7 Å². The molecule has 0 aromatic carbocycles. The summed E-state index contributed by atoms with van der Waals surface area (Å²) >= 11 is 0. The van der Waals surface area contributed by atoms with E-state index in [4.69, 9.17) is 4.74 Å². The van der Waals surface area contributed by atoms with Crippen LogP contribution in [0.2, 0.25) is 0 Å². The lowest BCUT2D eigenvalue weighted by molar-refractivity contribution is -0.143. The fourth-order valence-corrected chi connectivity index (χ4v) is 3.68. The summed E-state index contributed by atoms with van der Waals surface area (Å²) in [6, 6.07) is 0. The second-order valence-electron chi connectivity index (χ2n) is 7.99. The van der Waals surface area contributed by atoms with Crippen molar-refractivity contribution in [1.82, 2.24) is 24.0 Å². The summed E-state index contributed by atoms with van der Waals surface area (Å²) in [4.78, 5) is 52.1. The number of carbonyl (C=O) groups is 2. The number of ether oxygens (including phenoxy) is 1. The molecule has 0 bridgehead atoms. The number of carbonyl (C=O) groups excluding carboxylic acids is 2. The summed E-state index contributed by atoms with van der Waals surface area (Å²) in [6.45, 7) is 2.38. The molecule has 2 heterocycles. The number of rotatable bonds is 14. The molecular weight excluding hydrogens is 414 g/mol. The van der Waals surface area contributed by atoms with Crippen LogP contribution in [-0.2, 0) is 35.0 Å². The third-order valence-corrected chi connectivity index (χ3v) is 5.47. The first-order valence-electron chi connectivity index (χ1n) is 11.4. The lowest BCUT2D eigenvalue weighted by Crippen LogP contribution is -2.39. The van der Waals surface area contributed by atoms with Gasteiger partial charge in [0, 0.05) is 27.1 Å². The topological polar surface area (TPSA) is 117 Å². The van der Waals surface area contributed by atoms with Gasteiger partial charge in [0.2, 0.25) is 5.91 Å². The molecular formula is C22H35N5O5. The minimum Gasteiger partial charge on any atom is -0.465 e. The molecule has 0 saturated heterocycles. The predicted octanol–water partition coefficient (Wildman–Crippen LogP) is 1.62. The van der Waals surface area contributed by atoms with Crippen LogP contribution in [0.25, 0.3) is 11.2 Å². The van der Waals surface area contributed by atoms with Crippen LogP contribution in [0.4, 0.5) is 0 Å². The van der Waals surface area contributed by atoms with Crippen LogP contribution in [-0.4, -0.2) is 43.7 Å². The van der Waals surface area contributed by atoms with E-state index < -0.39 is 5.97 Å². The van der Waals surface area contributed by atoms with Crippen molar-refractivity contribution in [2.24, 2.45) is 14.1 Å². The van der Waals surface area contributed by atoms with Crippen molar-refractivity contribution in [3.63, 3.8) is 0 Å². The Bertz CT molecular complexity index is 1020. The number of nitrogens with one attached hydrogen (secondary N) is 1. The van der Waals surface area contributed by atoms with Gasteiger partial charge in [-0.15, -0.1) is 0 Å². The number of aryl methyl sites for hydroxylation is 2. The van der Waals surface area contributed by atoms with Gasteiger partial charge in [0.15, 0.2) is 11.2 Å². The van der Waals surface area contributed by atoms with Crippen LogP contribution in [0.5, 0.6) is 0 Å². The molecule has 0 aliphatic rings. The Morgan fingerprint density at radius 3 is 2.28 bits per heavy atom. The zero-order valence-electron chi connectivity index (χ0n) is 19.4. The zero-order chi connectivity index (χ0) is 23.5. The van der Waals surface area contributed by atoms with Gasteiger partial charge >= 0.3 is 11.7 Å². The highest BCUT2D eigenvalue weighted by Gasteiger charge is 2.14. The normalized spacial score (nSPS) is 11.1. The van der Waals surface area contributed by atoms with Crippen LogP contribution < -0.4 is 16.6 Å². The summed E-state index contributed by atoms with van der Waals surface area (Å²) in [5.74, 6) is -0.535. The average molecular weight is 450 g/mol. The molecule has 0 saturated carbocycles. The van der Waals surface area contributed by atoms with Crippen molar-refractivity contribution >= 4 is 23.0 Å². The van der Waals surface area contributed by atoms with Gasteiger partial charge in [-0.2, -0.15) is 0 Å². The first-order valence-corrected chi connectivity index (χ1v) is 11.4. The van der Waals surface area contributed by atoms with Gasteiger partial charge in [0.05, 0.1) is 12.9 Å². The smallest absolute Gasteiger partial charge is 0.332 e. The summed E-state index contributed by atoms with van der Waals surface area (Å²) in [6.07, 6.45) is 9.76. The van der Waals surface area contributed by atoms with Crippen molar-refractivity contribution in [3.8, 4) is 0 Å². The van der Waals surface area contributed by atoms with E-state index in [1.54, 1.807) is 31.9 Å². The SMILES string of the molecule is CCOC(=O)CNC(=O)CCCCCCCCCCn1c(=O)c2c(ncn2C)n(C)c1=O. The van der Waals surface area contributed by atoms with Crippen molar-refractivity contribution in [2.45, 2.75) is 71.3 Å². The van der Waals surface area contributed by atoms with Crippen molar-refractivity contribution in [1.29, 1.82) is 0 Å². The second kappa shape index (κ2) is 12.8. The molecule has 2 aromatic rings. The molecule has 0 spiro atoms. The van der Waals surface area contributed by atoms with Gasteiger partial charge < -0.3 is 14.6 Å². The van der Waals surface area contributed by atoms with E-state index in [-0.39, 0.29) is 23.7 Å². The highest BCUT2D eigenvalue weighted by molar-refractivity contribution is 5.81. The Kier molecular flexibility index (Phi) is 10.2. The van der Waals surface area contributed by atoms with Gasteiger partial charge in [-0.05, 0) is 19.8 Å². The maximum Gasteiger partial charge on any atom is 0.332 e. The van der Waals surface area contributed by atoms with Crippen LogP contribution in [0.3, 0.4) is 0 Å². The van der Waals surface area contributed by atoms with E-state index in [1.165, 1.54) is 9.13 Å². The molecule has 0 atom stereocenters. The van der Waals surface area contributed by atoms with E-state index in [0.717, 1.165) is 51.4 Å². The van der Waals surface area contributed by atoms with E-state index in [1.807, 2.05) is 0 Å². The predicted molar refractivity (Wildman–Crippen MR) is 121 cm³/mol. The lowest BCUT2D eigenvalue weighted by atomic mass is 10.1. The van der Waals surface area contributed by atoms with E-state index in [2.05, 4.69) is 10.3 Å². The maximum atomic E-state index is 12.6. The Labute approximate surface area is 187 Å². The number of hydrogen-bond acceptors (Lipinski definition) is 6. The summed E-state index contributed by atoms with van der Waals surface area (Å²) in [5, 5.41) is 2.56. The molecule has 0 radical (unpaired) electrons. The molecule has 10 heteroatoms. The van der Waals surface area contributed by atoms with Crippen LogP contribution in [0.15, 0.2) is 15.9 Å². The van der Waals surface area contributed by atoms with Crippen molar-refractivity contribution < 1.29 is 14.3 Å². The fourth-order valence-electron chi connectivity index (χ4n) is 3.68. The second-order valence-corrected chi connectivity index (χ2v) is 7.99. The molecule has 178 valence electrons. The summed E-state index contributed by atoms with van der Waals surface area (Å²) in [7, 11) is 3.39. The molecule has 32 heavy (non-hydrogen) atoms. The molecule has 0 fully saturated rings. The lowest BCUT2D eigenvalue weighted by Gasteiger charge is -2.08. The first-order chi connectivity index (χ1) is 15.4. The first kappa shape index (κ1) is 25.4. The fraction of sp³-hybridized carbons (Fsp3) is 0.682. The Hall–Kier alpha value is -2.91. The third kappa shape index (κ3) is 7.06. The van der Waals surface area contributed by atoms with Gasteiger partial charge in [-0.1, -0.05) is 38.5 Å². The number of hydrogen-bond donors (Lipinski definition) is 1. The number of nitrogens with zero attached hydrogens (tertiary/aromatic N) is 4. The molecule has 1 N–H and O–H groups in total. The van der Waals surface area contributed by atoms with E-state index in [0.29, 0.717) is 30.7 Å². The standard InChI is InChI=1S/C22H35N5O5/c1-4-32-18(29)15-23-17(28)13-11-9-7-5-6-8-10-12-14-27-21(30)19-20(24-16-25(19)2)26(3)22(27)31/h16H,4-15H2,1-3H3,(H,23,28). The maximum absolute atomic E-state index is 12.6. The van der Waals surface area contributed by atoms with E-state index in [9.17, 15) is 19.2 Å². The largest absolute Gasteiger partial charge is 0.465 e. The molecule has 0 unspecified atom stereocenters. The number of unbranched alkanes of at least 4 members (excludes halogenated alkanes) is 7. The Morgan fingerprint density at radius 1 is 1.00 bits per heavy atom. The number of aromatic nitrogens is 4. The van der Waals surface area contributed by atoms with Crippen molar-refractivity contribution in [3.05, 3.63) is 27.2 Å². The molecule has 2 rings (SSSR count). The quantitative estimate of drug-likeness (QED) is 0.346. The third-order valence-electron chi connectivity index (χ3n) is 5.47. The van der Waals surface area contributed by atoms with Gasteiger partial charge in [-0.25, -0.2) is 9.78 Å². The minimum absolute atomic E-state index is 0.0686. The zero-order valence-corrected chi connectivity index (χ0v) is 19.4. The Morgan fingerprint density at radius 2 is 1.62 bits per heavy atom. The number of esters is 1. The monoisotopic (exact) mass is 449 g/mol. The van der Waals surface area contributed by atoms with Gasteiger partial charge in [0.25, 0.3) is 5.56 Å². The van der Waals surface area contributed by atoms with Crippen LogP contribution >= 0.6 is 0 Å². The van der Waals surface area contributed by atoms with Crippen LogP contribution in [0, 0.1) is 0 Å². The molecule has 0 aliphatic heterocycles. The molecule has 10 nitrogen and oxygen atoms in total. The van der Waals surface area contributed by atoms with E-state index >= 15 is 0 Å². The molecule has 2 aromatic heterocycles. The highest BCUT2D eigenvalue weighted by atomic mass is 16.5. The van der Waals surface area contributed by atoms with Crippen molar-refractivity contribution in [2.75, 3.05) is 13.2 Å². The Balaban J connectivity index is 1.58. The van der Waals surface area contributed by atoms with Gasteiger partial charge in [0.1, 0.15) is 6.54 Å². The number of fused-ring (bicyclic) bond motifs is 1. The average Bonchev–Trinajstić information content (AvgIpc) is 3.16. The van der Waals surface area contributed by atoms with Gasteiger partial charge in [-0.3, -0.25) is 23.5 Å². The number of amides is 1. The summed E-state index contributed by atoms with van der Waals surface area (Å²) < 4.78 is 9.14. The number of imidazole rings is 1. The summed E-state index contributed by atoms with van der Waals surface area (Å²) in [5.41, 5.74) is 0.249. The molecule has 1 amide bonds. The highest BCUT2D eigenvalue weighted by Crippen LogP contribution is 2.10.